The number of benzene rings is 1. The van der Waals surface area contributed by atoms with Crippen molar-refractivity contribution in [3.05, 3.63) is 46.7 Å². The zero-order chi connectivity index (χ0) is 13.4. The maximum atomic E-state index is 13.1. The first-order valence-electron chi connectivity index (χ1n) is 5.74. The molecule has 0 unspecified atom stereocenters. The predicted octanol–water partition coefficient (Wildman–Crippen LogP) is 3.45. The second-order valence-corrected chi connectivity index (χ2v) is 4.45. The van der Waals surface area contributed by atoms with Crippen molar-refractivity contribution in [2.45, 2.75) is 13.5 Å². The average molecular weight is 442 g/mol. The smallest absolute Gasteiger partial charge is 0.191 e. The summed E-state index contributed by atoms with van der Waals surface area (Å²) < 4.78 is 14.0. The molecule has 0 radical (unpaired) electrons. The summed E-state index contributed by atoms with van der Waals surface area (Å²) in [4.78, 5) is 4.37. The van der Waals surface area contributed by atoms with Gasteiger partial charge >= 0.3 is 0 Å². The molecule has 0 bridgehead atoms. The predicted molar refractivity (Wildman–Crippen MR) is 92.5 cm³/mol. The van der Waals surface area contributed by atoms with Crippen LogP contribution in [0.5, 0.6) is 0 Å². The fraction of sp³-hybridized carbons (Fsp3) is 0.308. The van der Waals surface area contributed by atoms with Gasteiger partial charge in [0, 0.05) is 17.6 Å². The van der Waals surface area contributed by atoms with E-state index in [-0.39, 0.29) is 29.8 Å². The minimum Gasteiger partial charge on any atom is -0.357 e. The van der Waals surface area contributed by atoms with Crippen molar-refractivity contribution in [1.29, 1.82) is 0 Å². The first-order valence-corrected chi connectivity index (χ1v) is 6.53. The summed E-state index contributed by atoms with van der Waals surface area (Å²) in [6, 6.07) is 4.58. The first kappa shape index (κ1) is 18.4. The quantitative estimate of drug-likeness (QED) is 0.318. The molecule has 106 valence electrons. The summed E-state index contributed by atoms with van der Waals surface area (Å²) in [6.07, 6.45) is 1.75. The Hall–Kier alpha value is -0.630. The lowest BCUT2D eigenvalue weighted by molar-refractivity contribution is 0.625. The Balaban J connectivity index is 0.00000324. The molecule has 0 atom stereocenters. The molecule has 0 spiro atoms. The van der Waals surface area contributed by atoms with Crippen LogP contribution in [0, 0.1) is 5.82 Å². The van der Waals surface area contributed by atoms with Gasteiger partial charge in [0.25, 0.3) is 0 Å². The van der Waals surface area contributed by atoms with E-state index in [4.69, 9.17) is 0 Å². The molecule has 0 aliphatic rings. The summed E-state index contributed by atoms with van der Waals surface area (Å²) in [7, 11) is 0. The van der Waals surface area contributed by atoms with Crippen molar-refractivity contribution in [1.82, 2.24) is 10.6 Å². The maximum absolute atomic E-state index is 13.1. The van der Waals surface area contributed by atoms with Gasteiger partial charge in [0.2, 0.25) is 0 Å². The topological polar surface area (TPSA) is 36.4 Å². The highest BCUT2D eigenvalue weighted by molar-refractivity contribution is 14.0. The molecule has 0 heterocycles. The summed E-state index contributed by atoms with van der Waals surface area (Å²) in [5.74, 6) is 0.431. The van der Waals surface area contributed by atoms with E-state index in [0.717, 1.165) is 16.6 Å². The number of guanidine groups is 1. The summed E-state index contributed by atoms with van der Waals surface area (Å²) in [6.45, 7) is 7.44. The van der Waals surface area contributed by atoms with Gasteiger partial charge in [-0.3, -0.25) is 0 Å². The zero-order valence-corrected chi connectivity index (χ0v) is 14.7. The van der Waals surface area contributed by atoms with Crippen molar-refractivity contribution in [2.24, 2.45) is 4.99 Å². The van der Waals surface area contributed by atoms with Crippen LogP contribution in [0.3, 0.4) is 0 Å². The molecule has 0 aromatic heterocycles. The van der Waals surface area contributed by atoms with E-state index >= 15 is 0 Å². The summed E-state index contributed by atoms with van der Waals surface area (Å²) >= 11 is 3.38. The molecule has 0 saturated carbocycles. The van der Waals surface area contributed by atoms with Crippen LogP contribution in [0.4, 0.5) is 4.39 Å². The van der Waals surface area contributed by atoms with E-state index in [1.807, 2.05) is 6.92 Å². The van der Waals surface area contributed by atoms with E-state index in [0.29, 0.717) is 19.0 Å². The van der Waals surface area contributed by atoms with Gasteiger partial charge < -0.3 is 10.6 Å². The number of rotatable bonds is 5. The fourth-order valence-corrected chi connectivity index (χ4v) is 1.71. The molecule has 0 aliphatic carbocycles. The molecule has 3 nitrogen and oxygen atoms in total. The van der Waals surface area contributed by atoms with Crippen LogP contribution in [0.1, 0.15) is 12.5 Å². The Bertz CT molecular complexity index is 438. The van der Waals surface area contributed by atoms with Crippen molar-refractivity contribution in [3.8, 4) is 0 Å². The van der Waals surface area contributed by atoms with E-state index in [1.165, 1.54) is 12.1 Å². The highest BCUT2D eigenvalue weighted by atomic mass is 127. The van der Waals surface area contributed by atoms with Crippen LogP contribution in [0.25, 0.3) is 0 Å². The van der Waals surface area contributed by atoms with Crippen molar-refractivity contribution >= 4 is 45.9 Å². The lowest BCUT2D eigenvalue weighted by atomic mass is 10.2. The van der Waals surface area contributed by atoms with Crippen LogP contribution >= 0.6 is 39.9 Å². The van der Waals surface area contributed by atoms with E-state index < -0.39 is 0 Å². The van der Waals surface area contributed by atoms with Gasteiger partial charge in [-0.15, -0.1) is 30.6 Å². The molecule has 1 rings (SSSR count). The van der Waals surface area contributed by atoms with Gasteiger partial charge in [0.05, 0.1) is 6.54 Å². The Morgan fingerprint density at radius 3 is 2.84 bits per heavy atom. The van der Waals surface area contributed by atoms with Crippen LogP contribution in [0.15, 0.2) is 40.3 Å². The largest absolute Gasteiger partial charge is 0.357 e. The monoisotopic (exact) mass is 441 g/mol. The third-order valence-corrected chi connectivity index (χ3v) is 2.95. The lowest BCUT2D eigenvalue weighted by Crippen LogP contribution is -2.37. The molecular weight excluding hydrogens is 424 g/mol. The number of hydrogen-bond acceptors (Lipinski definition) is 1. The zero-order valence-electron chi connectivity index (χ0n) is 10.7. The average Bonchev–Trinajstić information content (AvgIpc) is 2.36. The SMILES string of the molecule is C=CCNC(=NCc1cc(F)ccc1Br)NCC.I. The third kappa shape index (κ3) is 6.91. The normalized spacial score (nSPS) is 10.6. The number of halogens is 3. The molecule has 1 aromatic rings. The molecule has 0 amide bonds. The molecule has 2 N–H and O–H groups in total. The first-order chi connectivity index (χ1) is 8.67. The highest BCUT2D eigenvalue weighted by Crippen LogP contribution is 2.18. The Morgan fingerprint density at radius 2 is 2.21 bits per heavy atom. The van der Waals surface area contributed by atoms with Gasteiger partial charge in [-0.1, -0.05) is 22.0 Å². The van der Waals surface area contributed by atoms with Gasteiger partial charge in [0.1, 0.15) is 5.82 Å². The van der Waals surface area contributed by atoms with Crippen LogP contribution in [0.2, 0.25) is 0 Å². The molecule has 1 aromatic carbocycles. The third-order valence-electron chi connectivity index (χ3n) is 2.17. The highest BCUT2D eigenvalue weighted by Gasteiger charge is 2.02. The van der Waals surface area contributed by atoms with E-state index in [1.54, 1.807) is 12.1 Å². The van der Waals surface area contributed by atoms with Gasteiger partial charge in [0.15, 0.2) is 5.96 Å². The molecule has 19 heavy (non-hydrogen) atoms. The Kier molecular flexibility index (Phi) is 9.85. The van der Waals surface area contributed by atoms with Gasteiger partial charge in [-0.25, -0.2) is 9.38 Å². The van der Waals surface area contributed by atoms with E-state index in [2.05, 4.69) is 38.1 Å². The maximum Gasteiger partial charge on any atom is 0.191 e. The van der Waals surface area contributed by atoms with E-state index in [9.17, 15) is 4.39 Å². The second-order valence-electron chi connectivity index (χ2n) is 3.60. The summed E-state index contributed by atoms with van der Waals surface area (Å²) in [5.41, 5.74) is 0.811. The number of hydrogen-bond donors (Lipinski definition) is 2. The van der Waals surface area contributed by atoms with Crippen LogP contribution in [-0.4, -0.2) is 19.0 Å². The molecular formula is C13H18BrFIN3. The Morgan fingerprint density at radius 1 is 1.47 bits per heavy atom. The van der Waals surface area contributed by atoms with Crippen molar-refractivity contribution < 1.29 is 4.39 Å². The molecule has 0 aliphatic heterocycles. The molecule has 0 fully saturated rings. The Labute approximate surface area is 138 Å². The van der Waals surface area contributed by atoms with Crippen molar-refractivity contribution in [3.63, 3.8) is 0 Å². The minimum absolute atomic E-state index is 0. The number of nitrogens with one attached hydrogen (secondary N) is 2. The fourth-order valence-electron chi connectivity index (χ4n) is 1.34. The minimum atomic E-state index is -0.257. The standard InChI is InChI=1S/C13H17BrFN3.HI/c1-3-7-17-13(16-4-2)18-9-10-8-11(15)5-6-12(10)14;/h3,5-6,8H,1,4,7,9H2,2H3,(H2,16,17,18);1H. The lowest BCUT2D eigenvalue weighted by Gasteiger charge is -2.09. The molecule has 0 saturated heterocycles. The van der Waals surface area contributed by atoms with Gasteiger partial charge in [-0.05, 0) is 30.7 Å². The van der Waals surface area contributed by atoms with Gasteiger partial charge in [-0.2, -0.15) is 0 Å². The summed E-state index contributed by atoms with van der Waals surface area (Å²) in [5, 5.41) is 6.19. The second kappa shape index (κ2) is 10.2. The molecule has 6 heteroatoms. The van der Waals surface area contributed by atoms with Crippen molar-refractivity contribution in [2.75, 3.05) is 13.1 Å². The van der Waals surface area contributed by atoms with Crippen LogP contribution in [-0.2, 0) is 6.54 Å². The number of aliphatic imine (C=N–C) groups is 1. The number of nitrogens with zero attached hydrogens (tertiary/aromatic N) is 1. The van der Waals surface area contributed by atoms with Crippen LogP contribution < -0.4 is 10.6 Å².